The molecule has 15 heavy (non-hydrogen) atoms. The first kappa shape index (κ1) is 11.4. The van der Waals surface area contributed by atoms with Gasteiger partial charge in [0.15, 0.2) is 0 Å². The van der Waals surface area contributed by atoms with Crippen molar-refractivity contribution in [3.63, 3.8) is 0 Å². The van der Waals surface area contributed by atoms with Crippen molar-refractivity contribution in [2.75, 3.05) is 19.6 Å². The molecule has 2 heterocycles. The van der Waals surface area contributed by atoms with Gasteiger partial charge in [0.25, 0.3) is 0 Å². The van der Waals surface area contributed by atoms with E-state index in [-0.39, 0.29) is 0 Å². The lowest BCUT2D eigenvalue weighted by molar-refractivity contribution is 0.0783. The van der Waals surface area contributed by atoms with E-state index in [4.69, 9.17) is 0 Å². The summed E-state index contributed by atoms with van der Waals surface area (Å²) in [6, 6.07) is 1.63. The van der Waals surface area contributed by atoms with Crippen molar-refractivity contribution < 1.29 is 0 Å². The molecule has 3 atom stereocenters. The van der Waals surface area contributed by atoms with Crippen LogP contribution in [0.2, 0.25) is 0 Å². The maximum Gasteiger partial charge on any atom is 0.00698 e. The predicted octanol–water partition coefficient (Wildman–Crippen LogP) is 2.25. The Morgan fingerprint density at radius 3 is 2.40 bits per heavy atom. The van der Waals surface area contributed by atoms with Crippen LogP contribution in [0.3, 0.4) is 0 Å². The molecule has 0 amide bonds. The van der Waals surface area contributed by atoms with Crippen molar-refractivity contribution in [1.29, 1.82) is 0 Å². The summed E-state index contributed by atoms with van der Waals surface area (Å²) >= 11 is 0. The van der Waals surface area contributed by atoms with Gasteiger partial charge in [-0.25, -0.2) is 0 Å². The van der Waals surface area contributed by atoms with Crippen LogP contribution in [-0.4, -0.2) is 36.6 Å². The average Bonchev–Trinajstić information content (AvgIpc) is 2.25. The molecule has 0 aliphatic carbocycles. The van der Waals surface area contributed by atoms with Gasteiger partial charge in [-0.15, -0.1) is 0 Å². The number of hydrogen-bond donors (Lipinski definition) is 1. The van der Waals surface area contributed by atoms with Crippen LogP contribution < -0.4 is 5.32 Å². The molecule has 0 aromatic carbocycles. The topological polar surface area (TPSA) is 15.3 Å². The van der Waals surface area contributed by atoms with Gasteiger partial charge < -0.3 is 5.32 Å². The van der Waals surface area contributed by atoms with Crippen molar-refractivity contribution in [3.8, 4) is 0 Å². The van der Waals surface area contributed by atoms with Crippen molar-refractivity contribution in [2.24, 2.45) is 5.92 Å². The Morgan fingerprint density at radius 2 is 1.80 bits per heavy atom. The van der Waals surface area contributed by atoms with Gasteiger partial charge >= 0.3 is 0 Å². The predicted molar refractivity (Wildman–Crippen MR) is 65.1 cm³/mol. The van der Waals surface area contributed by atoms with Gasteiger partial charge in [-0.2, -0.15) is 0 Å². The van der Waals surface area contributed by atoms with Crippen LogP contribution in [-0.2, 0) is 0 Å². The third kappa shape index (κ3) is 2.94. The highest BCUT2D eigenvalue weighted by atomic mass is 15.2. The van der Waals surface area contributed by atoms with E-state index in [1.807, 2.05) is 0 Å². The molecule has 3 unspecified atom stereocenters. The van der Waals surface area contributed by atoms with E-state index in [2.05, 4.69) is 24.1 Å². The molecule has 0 bridgehead atoms. The molecule has 1 N–H and O–H groups in total. The normalized spacial score (nSPS) is 39.2. The molecule has 0 aromatic heterocycles. The maximum atomic E-state index is 3.53. The molecule has 2 saturated heterocycles. The van der Waals surface area contributed by atoms with Gasteiger partial charge in [-0.1, -0.05) is 6.42 Å². The standard InChI is InChI=1S/C13H26N2/c1-11-5-3-6-12(2)15(11)10-13-7-4-8-14-9-13/h11-14H,3-10H2,1-2H3. The van der Waals surface area contributed by atoms with Crippen molar-refractivity contribution in [3.05, 3.63) is 0 Å². The minimum atomic E-state index is 0.815. The zero-order chi connectivity index (χ0) is 10.7. The van der Waals surface area contributed by atoms with E-state index in [0.29, 0.717) is 0 Å². The first-order valence-electron chi connectivity index (χ1n) is 6.74. The molecule has 2 fully saturated rings. The number of likely N-dealkylation sites (tertiary alicyclic amines) is 1. The first-order valence-corrected chi connectivity index (χ1v) is 6.74. The Kier molecular flexibility index (Phi) is 4.04. The van der Waals surface area contributed by atoms with E-state index in [0.717, 1.165) is 18.0 Å². The molecule has 2 aliphatic heterocycles. The van der Waals surface area contributed by atoms with Crippen LogP contribution in [0.5, 0.6) is 0 Å². The van der Waals surface area contributed by atoms with Crippen LogP contribution in [0.1, 0.15) is 46.0 Å². The fourth-order valence-electron chi connectivity index (χ4n) is 3.21. The van der Waals surface area contributed by atoms with Crippen molar-refractivity contribution >= 4 is 0 Å². The van der Waals surface area contributed by atoms with E-state index >= 15 is 0 Å². The zero-order valence-corrected chi connectivity index (χ0v) is 10.3. The first-order chi connectivity index (χ1) is 7.27. The second kappa shape index (κ2) is 5.31. The summed E-state index contributed by atoms with van der Waals surface area (Å²) in [5, 5.41) is 3.53. The van der Waals surface area contributed by atoms with Gasteiger partial charge in [0.05, 0.1) is 0 Å². The Bertz CT molecular complexity index is 177. The van der Waals surface area contributed by atoms with Crippen LogP contribution in [0.4, 0.5) is 0 Å². The quantitative estimate of drug-likeness (QED) is 0.752. The van der Waals surface area contributed by atoms with E-state index in [9.17, 15) is 0 Å². The molecular weight excluding hydrogens is 184 g/mol. The summed E-state index contributed by atoms with van der Waals surface area (Å²) in [6.07, 6.45) is 7.06. The summed E-state index contributed by atoms with van der Waals surface area (Å²) in [5.41, 5.74) is 0. The third-order valence-electron chi connectivity index (χ3n) is 4.24. The number of hydrogen-bond acceptors (Lipinski definition) is 2. The molecule has 0 radical (unpaired) electrons. The van der Waals surface area contributed by atoms with Gasteiger partial charge in [0.2, 0.25) is 0 Å². The highest BCUT2D eigenvalue weighted by molar-refractivity contribution is 4.82. The van der Waals surface area contributed by atoms with E-state index in [1.165, 1.54) is 51.7 Å². The summed E-state index contributed by atoms with van der Waals surface area (Å²) in [4.78, 5) is 2.75. The van der Waals surface area contributed by atoms with E-state index in [1.54, 1.807) is 0 Å². The third-order valence-corrected chi connectivity index (χ3v) is 4.24. The van der Waals surface area contributed by atoms with Crippen LogP contribution >= 0.6 is 0 Å². The van der Waals surface area contributed by atoms with Crippen LogP contribution in [0, 0.1) is 5.92 Å². The van der Waals surface area contributed by atoms with Gasteiger partial charge in [-0.3, -0.25) is 4.90 Å². The highest BCUT2D eigenvalue weighted by Crippen LogP contribution is 2.24. The maximum absolute atomic E-state index is 3.53. The molecule has 2 rings (SSSR count). The molecule has 2 aliphatic rings. The Balaban J connectivity index is 1.84. The molecular formula is C13H26N2. The number of piperidine rings is 2. The Labute approximate surface area is 94.4 Å². The SMILES string of the molecule is CC1CCCC(C)N1CC1CCCNC1. The zero-order valence-electron chi connectivity index (χ0n) is 10.3. The largest absolute Gasteiger partial charge is 0.316 e. The molecule has 2 heteroatoms. The fourth-order valence-corrected chi connectivity index (χ4v) is 3.21. The second-order valence-corrected chi connectivity index (χ2v) is 5.54. The van der Waals surface area contributed by atoms with Gasteiger partial charge in [0.1, 0.15) is 0 Å². The molecule has 0 saturated carbocycles. The highest BCUT2D eigenvalue weighted by Gasteiger charge is 2.27. The van der Waals surface area contributed by atoms with Gasteiger partial charge in [0, 0.05) is 18.6 Å². The van der Waals surface area contributed by atoms with E-state index < -0.39 is 0 Å². The molecule has 0 spiro atoms. The Hall–Kier alpha value is -0.0800. The monoisotopic (exact) mass is 210 g/mol. The average molecular weight is 210 g/mol. The summed E-state index contributed by atoms with van der Waals surface area (Å²) in [7, 11) is 0. The lowest BCUT2D eigenvalue weighted by Crippen LogP contribution is -2.48. The summed E-state index contributed by atoms with van der Waals surface area (Å²) in [5.74, 6) is 0.904. The van der Waals surface area contributed by atoms with Crippen molar-refractivity contribution in [2.45, 2.75) is 58.0 Å². The van der Waals surface area contributed by atoms with Crippen LogP contribution in [0.25, 0.3) is 0 Å². The molecule has 88 valence electrons. The fraction of sp³-hybridized carbons (Fsp3) is 1.00. The summed E-state index contributed by atoms with van der Waals surface area (Å²) < 4.78 is 0. The number of nitrogens with zero attached hydrogens (tertiary/aromatic N) is 1. The lowest BCUT2D eigenvalue weighted by Gasteiger charge is -2.41. The number of rotatable bonds is 2. The second-order valence-electron chi connectivity index (χ2n) is 5.54. The molecule has 0 aromatic rings. The minimum Gasteiger partial charge on any atom is -0.316 e. The van der Waals surface area contributed by atoms with Crippen LogP contribution in [0.15, 0.2) is 0 Å². The number of nitrogens with one attached hydrogen (secondary N) is 1. The smallest absolute Gasteiger partial charge is 0.00698 e. The summed E-state index contributed by atoms with van der Waals surface area (Å²) in [6.45, 7) is 8.63. The lowest BCUT2D eigenvalue weighted by atomic mass is 9.93. The minimum absolute atomic E-state index is 0.815. The molecule has 2 nitrogen and oxygen atoms in total. The van der Waals surface area contributed by atoms with Gasteiger partial charge in [-0.05, 0) is 58.5 Å². The Morgan fingerprint density at radius 1 is 1.07 bits per heavy atom. The van der Waals surface area contributed by atoms with Crippen molar-refractivity contribution in [1.82, 2.24) is 10.2 Å².